The van der Waals surface area contributed by atoms with Gasteiger partial charge in [0, 0.05) is 16.8 Å². The van der Waals surface area contributed by atoms with E-state index in [9.17, 15) is 9.90 Å². The van der Waals surface area contributed by atoms with Gasteiger partial charge < -0.3 is 10.2 Å². The quantitative estimate of drug-likeness (QED) is 0.826. The Hall–Kier alpha value is -2.02. The van der Waals surface area contributed by atoms with Crippen molar-refractivity contribution in [3.8, 4) is 5.75 Å². The fourth-order valence-corrected chi connectivity index (χ4v) is 2.18. The van der Waals surface area contributed by atoms with E-state index in [1.807, 2.05) is 6.07 Å². The molecule has 1 aromatic heterocycles. The zero-order chi connectivity index (χ0) is 15.7. The third-order valence-corrected chi connectivity index (χ3v) is 3.12. The van der Waals surface area contributed by atoms with Crippen LogP contribution in [0.5, 0.6) is 5.75 Å². The molecule has 0 amide bonds. The molecule has 0 unspecified atom stereocenters. The number of carboxylic acids is 1. The molecule has 1 aromatic carbocycles. The van der Waals surface area contributed by atoms with Crippen LogP contribution in [0.2, 0.25) is 0 Å². The molecule has 0 atom stereocenters. The third kappa shape index (κ3) is 6.80. The Labute approximate surface area is 127 Å². The Bertz CT molecular complexity index is 572. The standard InChI is InChI=1S/C11H11N3O3S.C3H8/c15-9-2-1-3-10(4-9)18-7-8-5-14(13-12-8)6-11(16)17;1-3-2/h1-5,15H,6-7H2,(H,16,17);3H2,1-2H3. The topological polar surface area (TPSA) is 88.2 Å². The summed E-state index contributed by atoms with van der Waals surface area (Å²) in [5.41, 5.74) is 0.699. The minimum atomic E-state index is -0.952. The predicted octanol–water partition coefficient (Wildman–Crippen LogP) is 2.78. The van der Waals surface area contributed by atoms with Crippen molar-refractivity contribution in [1.29, 1.82) is 0 Å². The molecular formula is C14H19N3O3S. The summed E-state index contributed by atoms with van der Waals surface area (Å²) in [6.45, 7) is 4.06. The molecule has 0 spiro atoms. The Kier molecular flexibility index (Phi) is 7.31. The molecule has 2 N–H and O–H groups in total. The molecule has 21 heavy (non-hydrogen) atoms. The molecule has 0 saturated carbocycles. The van der Waals surface area contributed by atoms with E-state index < -0.39 is 5.97 Å². The summed E-state index contributed by atoms with van der Waals surface area (Å²) in [7, 11) is 0. The lowest BCUT2D eigenvalue weighted by molar-refractivity contribution is -0.137. The summed E-state index contributed by atoms with van der Waals surface area (Å²) in [6.07, 6.45) is 2.85. The number of nitrogens with zero attached hydrogens (tertiary/aromatic N) is 3. The zero-order valence-electron chi connectivity index (χ0n) is 12.1. The van der Waals surface area contributed by atoms with E-state index in [2.05, 4.69) is 24.2 Å². The first-order valence-corrected chi connectivity index (χ1v) is 7.56. The van der Waals surface area contributed by atoms with Gasteiger partial charge in [0.1, 0.15) is 12.3 Å². The van der Waals surface area contributed by atoms with Crippen molar-refractivity contribution in [2.24, 2.45) is 0 Å². The Morgan fingerprint density at radius 1 is 1.38 bits per heavy atom. The highest BCUT2D eigenvalue weighted by Crippen LogP contribution is 2.24. The second-order valence-corrected chi connectivity index (χ2v) is 5.34. The molecule has 0 aliphatic rings. The Morgan fingerprint density at radius 3 is 2.71 bits per heavy atom. The van der Waals surface area contributed by atoms with Crippen LogP contribution in [0.3, 0.4) is 0 Å². The molecule has 2 rings (SSSR count). The van der Waals surface area contributed by atoms with Crippen molar-refractivity contribution in [1.82, 2.24) is 15.0 Å². The maximum absolute atomic E-state index is 10.5. The first-order valence-electron chi connectivity index (χ1n) is 6.57. The minimum Gasteiger partial charge on any atom is -0.508 e. The fraction of sp³-hybridized carbons (Fsp3) is 0.357. The molecule has 1 heterocycles. The van der Waals surface area contributed by atoms with Crippen LogP contribution >= 0.6 is 11.8 Å². The van der Waals surface area contributed by atoms with Gasteiger partial charge in [0.15, 0.2) is 0 Å². The summed E-state index contributed by atoms with van der Waals surface area (Å²) in [5.74, 6) is -0.162. The van der Waals surface area contributed by atoms with Crippen LogP contribution in [0.1, 0.15) is 26.0 Å². The van der Waals surface area contributed by atoms with E-state index in [4.69, 9.17) is 5.11 Å². The maximum Gasteiger partial charge on any atom is 0.325 e. The highest BCUT2D eigenvalue weighted by atomic mass is 32.2. The van der Waals surface area contributed by atoms with Gasteiger partial charge >= 0.3 is 5.97 Å². The van der Waals surface area contributed by atoms with Crippen LogP contribution in [0.25, 0.3) is 0 Å². The average molecular weight is 309 g/mol. The second-order valence-electron chi connectivity index (χ2n) is 4.29. The Morgan fingerprint density at radius 2 is 2.10 bits per heavy atom. The number of hydrogen-bond donors (Lipinski definition) is 2. The van der Waals surface area contributed by atoms with Crippen LogP contribution in [-0.2, 0) is 17.1 Å². The molecule has 0 aliphatic carbocycles. The van der Waals surface area contributed by atoms with E-state index in [0.29, 0.717) is 11.4 Å². The van der Waals surface area contributed by atoms with Gasteiger partial charge in [0.2, 0.25) is 0 Å². The van der Waals surface area contributed by atoms with E-state index in [-0.39, 0.29) is 12.3 Å². The normalized spacial score (nSPS) is 9.81. The first-order chi connectivity index (χ1) is 10.0. The number of phenolic OH excluding ortho intramolecular Hbond substituents is 1. The molecule has 0 bridgehead atoms. The average Bonchev–Trinajstić information content (AvgIpc) is 2.84. The van der Waals surface area contributed by atoms with Crippen LogP contribution < -0.4 is 0 Å². The van der Waals surface area contributed by atoms with Gasteiger partial charge in [-0.25, -0.2) is 4.68 Å². The lowest BCUT2D eigenvalue weighted by Crippen LogP contribution is -2.08. The van der Waals surface area contributed by atoms with E-state index in [1.54, 1.807) is 24.4 Å². The first kappa shape index (κ1) is 17.0. The number of aliphatic carboxylic acids is 1. The van der Waals surface area contributed by atoms with Crippen LogP contribution in [-0.4, -0.2) is 31.2 Å². The number of aromatic nitrogens is 3. The number of hydrogen-bond acceptors (Lipinski definition) is 5. The molecule has 114 valence electrons. The molecule has 0 saturated heterocycles. The molecule has 0 radical (unpaired) electrons. The summed E-state index contributed by atoms with van der Waals surface area (Å²) >= 11 is 1.50. The van der Waals surface area contributed by atoms with Crippen molar-refractivity contribution in [3.63, 3.8) is 0 Å². The molecule has 0 fully saturated rings. The van der Waals surface area contributed by atoms with Crippen molar-refractivity contribution >= 4 is 17.7 Å². The second kappa shape index (κ2) is 9.02. The molecular weight excluding hydrogens is 290 g/mol. The number of thioether (sulfide) groups is 1. The van der Waals surface area contributed by atoms with E-state index >= 15 is 0 Å². The number of rotatable bonds is 5. The van der Waals surface area contributed by atoms with Gasteiger partial charge in [-0.2, -0.15) is 0 Å². The lowest BCUT2D eigenvalue weighted by atomic mass is 10.3. The summed E-state index contributed by atoms with van der Waals surface area (Å²) in [5, 5.41) is 25.5. The summed E-state index contributed by atoms with van der Waals surface area (Å²) in [6, 6.07) is 6.91. The fourth-order valence-electron chi connectivity index (χ4n) is 1.35. The highest BCUT2D eigenvalue weighted by Gasteiger charge is 2.05. The van der Waals surface area contributed by atoms with Crippen LogP contribution in [0, 0.1) is 0 Å². The third-order valence-electron chi connectivity index (χ3n) is 2.09. The maximum atomic E-state index is 10.5. The van der Waals surface area contributed by atoms with Crippen molar-refractivity contribution in [3.05, 3.63) is 36.2 Å². The van der Waals surface area contributed by atoms with Gasteiger partial charge in [-0.3, -0.25) is 4.79 Å². The summed E-state index contributed by atoms with van der Waals surface area (Å²) < 4.78 is 1.28. The van der Waals surface area contributed by atoms with E-state index in [0.717, 1.165) is 4.90 Å². The minimum absolute atomic E-state index is 0.191. The SMILES string of the molecule is CCC.O=C(O)Cn1cc(CSc2cccc(O)c2)nn1. The van der Waals surface area contributed by atoms with Crippen LogP contribution in [0.15, 0.2) is 35.4 Å². The highest BCUT2D eigenvalue weighted by molar-refractivity contribution is 7.98. The zero-order valence-corrected chi connectivity index (χ0v) is 12.9. The number of phenols is 1. The number of carboxylic acid groups (broad SMARTS) is 1. The van der Waals surface area contributed by atoms with Gasteiger partial charge in [0.05, 0.1) is 5.69 Å². The molecule has 6 nitrogen and oxygen atoms in total. The molecule has 7 heteroatoms. The molecule has 2 aromatic rings. The van der Waals surface area contributed by atoms with Gasteiger partial charge in [0.25, 0.3) is 0 Å². The predicted molar refractivity (Wildman–Crippen MR) is 81.3 cm³/mol. The summed E-state index contributed by atoms with van der Waals surface area (Å²) in [4.78, 5) is 11.4. The van der Waals surface area contributed by atoms with Crippen molar-refractivity contribution in [2.45, 2.75) is 37.5 Å². The van der Waals surface area contributed by atoms with Crippen molar-refractivity contribution < 1.29 is 15.0 Å². The van der Waals surface area contributed by atoms with Crippen molar-refractivity contribution in [2.75, 3.05) is 0 Å². The van der Waals surface area contributed by atoms with E-state index in [1.165, 1.54) is 22.9 Å². The smallest absolute Gasteiger partial charge is 0.325 e. The lowest BCUT2D eigenvalue weighted by Gasteiger charge is -1.99. The Balaban J connectivity index is 0.000000677. The molecule has 0 aliphatic heterocycles. The van der Waals surface area contributed by atoms with Gasteiger partial charge in [-0.15, -0.1) is 16.9 Å². The number of carbonyl (C=O) groups is 1. The number of benzene rings is 1. The number of aromatic hydroxyl groups is 1. The van der Waals surface area contributed by atoms with Gasteiger partial charge in [-0.1, -0.05) is 31.5 Å². The monoisotopic (exact) mass is 309 g/mol. The van der Waals surface area contributed by atoms with Crippen LogP contribution in [0.4, 0.5) is 0 Å². The largest absolute Gasteiger partial charge is 0.508 e. The van der Waals surface area contributed by atoms with Gasteiger partial charge in [-0.05, 0) is 18.2 Å².